The Balaban J connectivity index is 1.90. The Morgan fingerprint density at radius 3 is 2.89 bits per heavy atom. The predicted molar refractivity (Wildman–Crippen MR) is 78.8 cm³/mol. The van der Waals surface area contributed by atoms with E-state index >= 15 is 0 Å². The minimum atomic E-state index is 0.529. The van der Waals surface area contributed by atoms with Gasteiger partial charge < -0.3 is 9.94 Å². The Hall–Kier alpha value is -1.01. The number of hydrogen-bond donors (Lipinski definition) is 0. The fourth-order valence-electron chi connectivity index (χ4n) is 1.50. The first-order chi connectivity index (χ1) is 8.65. The lowest BCUT2D eigenvalue weighted by atomic mass is 10.2. The van der Waals surface area contributed by atoms with E-state index in [-0.39, 0.29) is 0 Å². The highest BCUT2D eigenvalue weighted by Gasteiger charge is 2.01. The summed E-state index contributed by atoms with van der Waals surface area (Å²) in [6, 6.07) is 9.18. The molecule has 0 radical (unpaired) electrons. The van der Waals surface area contributed by atoms with Crippen molar-refractivity contribution in [2.75, 3.05) is 6.61 Å². The van der Waals surface area contributed by atoms with Crippen LogP contribution in [0.3, 0.4) is 0 Å². The van der Waals surface area contributed by atoms with Gasteiger partial charge in [0, 0.05) is 21.6 Å². The molecule has 2 aromatic rings. The summed E-state index contributed by atoms with van der Waals surface area (Å²) in [4.78, 5) is 0. The number of pyridine rings is 1. The largest absolute Gasteiger partial charge is 0.619 e. The van der Waals surface area contributed by atoms with Gasteiger partial charge in [-0.25, -0.2) is 0 Å². The maximum atomic E-state index is 11.1. The van der Waals surface area contributed by atoms with E-state index in [1.807, 2.05) is 24.3 Å². The third kappa shape index (κ3) is 3.74. The Bertz CT molecular complexity index is 548. The molecule has 0 aliphatic heterocycles. The van der Waals surface area contributed by atoms with Crippen LogP contribution in [0.4, 0.5) is 0 Å². The molecule has 0 unspecified atom stereocenters. The molecule has 5 heteroatoms. The third-order valence-electron chi connectivity index (χ3n) is 2.39. The summed E-state index contributed by atoms with van der Waals surface area (Å²) >= 11 is 8.09. The van der Waals surface area contributed by atoms with E-state index in [1.165, 1.54) is 6.20 Å². The molecular weight excluding hydrogens is 365 g/mol. The lowest BCUT2D eigenvalue weighted by Crippen LogP contribution is -2.25. The summed E-state index contributed by atoms with van der Waals surface area (Å²) in [6.07, 6.45) is 3.71. The van der Waals surface area contributed by atoms with Crippen molar-refractivity contribution in [2.24, 2.45) is 0 Å². The zero-order chi connectivity index (χ0) is 13.0. The highest BCUT2D eigenvalue weighted by atomic mass is 127. The Kier molecular flexibility index (Phi) is 4.66. The monoisotopic (exact) mass is 375 g/mol. The minimum absolute atomic E-state index is 0.529. The van der Waals surface area contributed by atoms with Crippen LogP contribution in [0.5, 0.6) is 5.75 Å². The van der Waals surface area contributed by atoms with Crippen molar-refractivity contribution in [1.82, 2.24) is 0 Å². The zero-order valence-electron chi connectivity index (χ0n) is 9.48. The normalized spacial score (nSPS) is 10.3. The number of rotatable bonds is 4. The zero-order valence-corrected chi connectivity index (χ0v) is 12.4. The highest BCUT2D eigenvalue weighted by Crippen LogP contribution is 2.23. The topological polar surface area (TPSA) is 36.2 Å². The highest BCUT2D eigenvalue weighted by molar-refractivity contribution is 14.1. The lowest BCUT2D eigenvalue weighted by molar-refractivity contribution is -0.605. The second kappa shape index (κ2) is 6.24. The summed E-state index contributed by atoms with van der Waals surface area (Å²) in [5.41, 5.74) is 0.955. The van der Waals surface area contributed by atoms with Gasteiger partial charge in [0.2, 0.25) is 0 Å². The second-order valence-corrected chi connectivity index (χ2v) is 5.32. The first-order valence-electron chi connectivity index (χ1n) is 5.41. The number of hydrogen-bond acceptors (Lipinski definition) is 2. The molecule has 0 fully saturated rings. The van der Waals surface area contributed by atoms with Crippen LogP contribution < -0.4 is 9.47 Å². The summed E-state index contributed by atoms with van der Waals surface area (Å²) in [5.74, 6) is 0.787. The summed E-state index contributed by atoms with van der Waals surface area (Å²) in [7, 11) is 0. The summed E-state index contributed by atoms with van der Waals surface area (Å²) < 4.78 is 7.37. The van der Waals surface area contributed by atoms with Gasteiger partial charge in [0.15, 0.2) is 12.4 Å². The third-order valence-corrected chi connectivity index (χ3v) is 3.93. The van der Waals surface area contributed by atoms with Crippen molar-refractivity contribution in [1.29, 1.82) is 0 Å². The van der Waals surface area contributed by atoms with Gasteiger partial charge in [-0.15, -0.1) is 0 Å². The molecule has 0 saturated carbocycles. The Labute approximate surface area is 124 Å². The van der Waals surface area contributed by atoms with Gasteiger partial charge in [-0.3, -0.25) is 0 Å². The molecule has 0 atom stereocenters. The van der Waals surface area contributed by atoms with Gasteiger partial charge in [-0.05, 0) is 46.9 Å². The number of halogens is 2. The van der Waals surface area contributed by atoms with Crippen molar-refractivity contribution in [3.8, 4) is 5.75 Å². The lowest BCUT2D eigenvalue weighted by Gasteiger charge is -2.07. The van der Waals surface area contributed by atoms with Crippen LogP contribution in [0, 0.1) is 8.78 Å². The molecular formula is C13H11ClINO2. The number of benzene rings is 1. The summed E-state index contributed by atoms with van der Waals surface area (Å²) in [6.45, 7) is 0.529. The Morgan fingerprint density at radius 2 is 2.17 bits per heavy atom. The Morgan fingerprint density at radius 1 is 1.33 bits per heavy atom. The van der Waals surface area contributed by atoms with Crippen molar-refractivity contribution in [2.45, 2.75) is 6.42 Å². The molecule has 0 amide bonds. The standard InChI is InChI=1S/C13H11ClINO2/c14-12-4-3-11(8-13(12)15)18-7-5-10-2-1-6-16(17)9-10/h1-4,6,8-9H,5,7H2. The van der Waals surface area contributed by atoms with Crippen LogP contribution in [0.1, 0.15) is 5.56 Å². The molecule has 1 heterocycles. The summed E-state index contributed by atoms with van der Waals surface area (Å²) in [5, 5.41) is 11.8. The van der Waals surface area contributed by atoms with Crippen molar-refractivity contribution < 1.29 is 9.47 Å². The van der Waals surface area contributed by atoms with Crippen molar-refractivity contribution >= 4 is 34.2 Å². The fraction of sp³-hybridized carbons (Fsp3) is 0.154. The van der Waals surface area contributed by atoms with E-state index in [1.54, 1.807) is 12.3 Å². The van der Waals surface area contributed by atoms with Crippen LogP contribution in [-0.2, 0) is 6.42 Å². The van der Waals surface area contributed by atoms with Crippen LogP contribution in [0.25, 0.3) is 0 Å². The van der Waals surface area contributed by atoms with E-state index in [9.17, 15) is 5.21 Å². The van der Waals surface area contributed by atoms with E-state index in [0.29, 0.717) is 13.0 Å². The van der Waals surface area contributed by atoms with Crippen molar-refractivity contribution in [3.05, 3.63) is 62.1 Å². The predicted octanol–water partition coefficient (Wildman–Crippen LogP) is 3.20. The van der Waals surface area contributed by atoms with Gasteiger partial charge in [-0.1, -0.05) is 11.6 Å². The fourth-order valence-corrected chi connectivity index (χ4v) is 2.11. The SMILES string of the molecule is [O-][n+]1cccc(CCOc2ccc(Cl)c(I)c2)c1. The molecule has 0 aliphatic carbocycles. The van der Waals surface area contributed by atoms with E-state index in [2.05, 4.69) is 22.6 Å². The number of nitrogens with zero attached hydrogens (tertiary/aromatic N) is 1. The van der Waals surface area contributed by atoms with E-state index in [0.717, 1.165) is 24.6 Å². The van der Waals surface area contributed by atoms with Gasteiger partial charge in [0.1, 0.15) is 5.75 Å². The molecule has 0 saturated heterocycles. The first-order valence-corrected chi connectivity index (χ1v) is 6.86. The van der Waals surface area contributed by atoms with Gasteiger partial charge >= 0.3 is 0 Å². The molecule has 0 N–H and O–H groups in total. The molecule has 0 aliphatic rings. The first kappa shape index (κ1) is 13.4. The molecule has 1 aromatic carbocycles. The molecule has 0 bridgehead atoms. The number of aromatic nitrogens is 1. The van der Waals surface area contributed by atoms with E-state index in [4.69, 9.17) is 16.3 Å². The van der Waals surface area contributed by atoms with Crippen molar-refractivity contribution in [3.63, 3.8) is 0 Å². The molecule has 94 valence electrons. The maximum absolute atomic E-state index is 11.1. The van der Waals surface area contributed by atoms with Gasteiger partial charge in [0.05, 0.1) is 11.6 Å². The van der Waals surface area contributed by atoms with Crippen LogP contribution in [-0.4, -0.2) is 6.61 Å². The smallest absolute Gasteiger partial charge is 0.183 e. The van der Waals surface area contributed by atoms with Gasteiger partial charge in [0.25, 0.3) is 0 Å². The molecule has 3 nitrogen and oxygen atoms in total. The van der Waals surface area contributed by atoms with Crippen LogP contribution in [0.2, 0.25) is 5.02 Å². The van der Waals surface area contributed by atoms with Crippen LogP contribution >= 0.6 is 34.2 Å². The molecule has 18 heavy (non-hydrogen) atoms. The maximum Gasteiger partial charge on any atom is 0.183 e. The average Bonchev–Trinajstić information content (AvgIpc) is 2.34. The minimum Gasteiger partial charge on any atom is -0.619 e. The molecule has 0 spiro atoms. The quantitative estimate of drug-likeness (QED) is 0.467. The second-order valence-electron chi connectivity index (χ2n) is 3.75. The molecule has 1 aromatic heterocycles. The molecule has 2 rings (SSSR count). The van der Waals surface area contributed by atoms with E-state index < -0.39 is 0 Å². The average molecular weight is 376 g/mol. The number of ether oxygens (including phenoxy) is 1. The van der Waals surface area contributed by atoms with Crippen LogP contribution in [0.15, 0.2) is 42.7 Å². The van der Waals surface area contributed by atoms with Gasteiger partial charge in [-0.2, -0.15) is 4.73 Å².